The number of fused-ring (bicyclic) bond motifs is 1. The maximum atomic E-state index is 9.15. The molecule has 4 N–H and O–H groups in total. The van der Waals surface area contributed by atoms with Crippen molar-refractivity contribution in [2.75, 3.05) is 11.5 Å². The zero-order valence-corrected chi connectivity index (χ0v) is 9.92. The summed E-state index contributed by atoms with van der Waals surface area (Å²) in [4.78, 5) is 7.62. The highest BCUT2D eigenvalue weighted by Gasteiger charge is 2.04. The van der Waals surface area contributed by atoms with Crippen LogP contribution in [0.1, 0.15) is 13.3 Å². The molecule has 1 aromatic carbocycles. The first-order valence-electron chi connectivity index (χ1n) is 5.21. The quantitative estimate of drug-likeness (QED) is 0.561. The number of aromatic amines is 1. The number of nitrogens with zero attached hydrogens (tertiary/aromatic N) is 1. The Morgan fingerprint density at radius 3 is 3.12 bits per heavy atom. The van der Waals surface area contributed by atoms with Crippen LogP contribution in [0.3, 0.4) is 0 Å². The second kappa shape index (κ2) is 4.76. The molecule has 5 heteroatoms. The van der Waals surface area contributed by atoms with Crippen molar-refractivity contribution in [1.29, 1.82) is 0 Å². The number of nitrogens with two attached hydrogens (primary N) is 1. The van der Waals surface area contributed by atoms with Crippen LogP contribution in [0.2, 0.25) is 0 Å². The molecule has 1 heterocycles. The van der Waals surface area contributed by atoms with E-state index in [4.69, 9.17) is 10.8 Å². The molecule has 0 aliphatic rings. The van der Waals surface area contributed by atoms with Crippen LogP contribution in [0.15, 0.2) is 23.4 Å². The Bertz CT molecular complexity index is 481. The number of nitrogens with one attached hydrogen (secondary N) is 1. The molecule has 0 saturated heterocycles. The van der Waals surface area contributed by atoms with Crippen molar-refractivity contribution >= 4 is 28.5 Å². The number of nitrogen functional groups attached to an aromatic ring is 1. The molecule has 4 nitrogen and oxygen atoms in total. The van der Waals surface area contributed by atoms with Crippen LogP contribution in [0.5, 0.6) is 0 Å². The van der Waals surface area contributed by atoms with Crippen LogP contribution in [-0.2, 0) is 0 Å². The highest BCUT2D eigenvalue weighted by Crippen LogP contribution is 2.21. The number of thioether (sulfide) groups is 1. The molecule has 0 spiro atoms. The van der Waals surface area contributed by atoms with Gasteiger partial charge >= 0.3 is 0 Å². The third-order valence-corrected chi connectivity index (χ3v) is 3.17. The molecule has 0 aliphatic heterocycles. The van der Waals surface area contributed by atoms with Gasteiger partial charge in [-0.2, -0.15) is 0 Å². The molecule has 16 heavy (non-hydrogen) atoms. The molecule has 0 bridgehead atoms. The first-order valence-corrected chi connectivity index (χ1v) is 6.20. The first kappa shape index (κ1) is 11.3. The number of aliphatic hydroxyl groups excluding tert-OH is 1. The van der Waals surface area contributed by atoms with Crippen molar-refractivity contribution < 1.29 is 5.11 Å². The number of aromatic nitrogens is 2. The number of H-pyrrole nitrogens is 1. The lowest BCUT2D eigenvalue weighted by Crippen LogP contribution is -2.00. The molecule has 0 radical (unpaired) electrons. The number of hydrogen-bond acceptors (Lipinski definition) is 4. The zero-order chi connectivity index (χ0) is 11.5. The fraction of sp³-hybridized carbons (Fsp3) is 0.364. The van der Waals surface area contributed by atoms with Crippen LogP contribution in [0.4, 0.5) is 5.69 Å². The molecule has 1 atom stereocenters. The van der Waals surface area contributed by atoms with Gasteiger partial charge in [-0.3, -0.25) is 0 Å². The zero-order valence-electron chi connectivity index (χ0n) is 9.10. The molecule has 0 fully saturated rings. The Morgan fingerprint density at radius 1 is 1.56 bits per heavy atom. The van der Waals surface area contributed by atoms with Gasteiger partial charge in [-0.15, -0.1) is 0 Å². The van der Waals surface area contributed by atoms with Crippen LogP contribution in [0, 0.1) is 0 Å². The number of aliphatic hydroxyl groups is 1. The fourth-order valence-electron chi connectivity index (χ4n) is 1.40. The molecular formula is C11H15N3OS. The maximum absolute atomic E-state index is 9.15. The van der Waals surface area contributed by atoms with Crippen LogP contribution < -0.4 is 5.73 Å². The predicted molar refractivity (Wildman–Crippen MR) is 67.5 cm³/mol. The summed E-state index contributed by atoms with van der Waals surface area (Å²) in [5, 5.41) is 10.0. The molecule has 0 aliphatic carbocycles. The van der Waals surface area contributed by atoms with Crippen LogP contribution in [-0.4, -0.2) is 26.9 Å². The third kappa shape index (κ3) is 2.68. The molecule has 86 valence electrons. The SMILES string of the molecule is CC(O)CCSc1nc2ccc(N)cc2[nH]1. The van der Waals surface area contributed by atoms with Crippen molar-refractivity contribution in [2.45, 2.75) is 24.6 Å². The average molecular weight is 237 g/mol. The third-order valence-electron chi connectivity index (χ3n) is 2.26. The Hall–Kier alpha value is -1.20. The summed E-state index contributed by atoms with van der Waals surface area (Å²) in [6.07, 6.45) is 0.511. The first-order chi connectivity index (χ1) is 7.65. The van der Waals surface area contributed by atoms with E-state index in [-0.39, 0.29) is 6.10 Å². The van der Waals surface area contributed by atoms with Crippen molar-refractivity contribution in [3.63, 3.8) is 0 Å². The van der Waals surface area contributed by atoms with E-state index in [0.717, 1.165) is 34.1 Å². The van der Waals surface area contributed by atoms with Gasteiger partial charge in [0.1, 0.15) is 0 Å². The summed E-state index contributed by atoms with van der Waals surface area (Å²) in [7, 11) is 0. The summed E-state index contributed by atoms with van der Waals surface area (Å²) in [6.45, 7) is 1.79. The minimum atomic E-state index is -0.257. The normalized spacial score (nSPS) is 13.1. The van der Waals surface area contributed by atoms with E-state index in [2.05, 4.69) is 9.97 Å². The van der Waals surface area contributed by atoms with Gasteiger partial charge in [0, 0.05) is 11.4 Å². The minimum absolute atomic E-state index is 0.257. The van der Waals surface area contributed by atoms with E-state index in [1.165, 1.54) is 0 Å². The molecule has 0 amide bonds. The van der Waals surface area contributed by atoms with Gasteiger partial charge in [0.05, 0.1) is 17.1 Å². The van der Waals surface area contributed by atoms with Crippen molar-refractivity contribution in [1.82, 2.24) is 9.97 Å². The van der Waals surface area contributed by atoms with Crippen molar-refractivity contribution in [3.8, 4) is 0 Å². The van der Waals surface area contributed by atoms with Gasteiger partial charge in [-0.1, -0.05) is 11.8 Å². The molecular weight excluding hydrogens is 222 g/mol. The monoisotopic (exact) mass is 237 g/mol. The van der Waals surface area contributed by atoms with Gasteiger partial charge in [-0.25, -0.2) is 4.98 Å². The van der Waals surface area contributed by atoms with Gasteiger partial charge in [0.15, 0.2) is 5.16 Å². The van der Waals surface area contributed by atoms with E-state index in [0.29, 0.717) is 0 Å². The topological polar surface area (TPSA) is 74.9 Å². The number of rotatable bonds is 4. The van der Waals surface area contributed by atoms with Crippen molar-refractivity contribution in [2.24, 2.45) is 0 Å². The predicted octanol–water partition coefficient (Wildman–Crippen LogP) is 2.01. The average Bonchev–Trinajstić information content (AvgIpc) is 2.58. The maximum Gasteiger partial charge on any atom is 0.166 e. The number of anilines is 1. The second-order valence-electron chi connectivity index (χ2n) is 3.80. The minimum Gasteiger partial charge on any atom is -0.399 e. The summed E-state index contributed by atoms with van der Waals surface area (Å²) in [6, 6.07) is 5.62. The Balaban J connectivity index is 2.08. The van der Waals surface area contributed by atoms with Crippen LogP contribution >= 0.6 is 11.8 Å². The number of hydrogen-bond donors (Lipinski definition) is 3. The van der Waals surface area contributed by atoms with E-state index < -0.39 is 0 Å². The molecule has 2 rings (SSSR count). The van der Waals surface area contributed by atoms with Gasteiger partial charge in [0.2, 0.25) is 0 Å². The summed E-state index contributed by atoms with van der Waals surface area (Å²) >= 11 is 1.61. The standard InChI is InChI=1S/C11H15N3OS/c1-7(15)4-5-16-11-13-9-3-2-8(12)6-10(9)14-11/h2-3,6-7,15H,4-5,12H2,1H3,(H,13,14). The molecule has 1 unspecified atom stereocenters. The summed E-state index contributed by atoms with van der Waals surface area (Å²) in [5.41, 5.74) is 8.30. The summed E-state index contributed by atoms with van der Waals surface area (Å²) in [5.74, 6) is 0.854. The Kier molecular flexibility index (Phi) is 3.36. The van der Waals surface area contributed by atoms with Gasteiger partial charge < -0.3 is 15.8 Å². The molecule has 2 aromatic rings. The lowest BCUT2D eigenvalue weighted by molar-refractivity contribution is 0.192. The van der Waals surface area contributed by atoms with E-state index in [1.54, 1.807) is 18.7 Å². The lowest BCUT2D eigenvalue weighted by Gasteiger charge is -2.00. The van der Waals surface area contributed by atoms with Gasteiger partial charge in [-0.05, 0) is 31.5 Å². The van der Waals surface area contributed by atoms with Crippen LogP contribution in [0.25, 0.3) is 11.0 Å². The highest BCUT2D eigenvalue weighted by molar-refractivity contribution is 7.99. The van der Waals surface area contributed by atoms with E-state index in [9.17, 15) is 0 Å². The number of imidazole rings is 1. The van der Waals surface area contributed by atoms with E-state index in [1.807, 2.05) is 18.2 Å². The van der Waals surface area contributed by atoms with Gasteiger partial charge in [0.25, 0.3) is 0 Å². The number of benzene rings is 1. The largest absolute Gasteiger partial charge is 0.399 e. The fourth-order valence-corrected chi connectivity index (χ4v) is 2.40. The van der Waals surface area contributed by atoms with E-state index >= 15 is 0 Å². The molecule has 1 aromatic heterocycles. The second-order valence-corrected chi connectivity index (χ2v) is 4.89. The smallest absolute Gasteiger partial charge is 0.166 e. The molecule has 0 saturated carbocycles. The summed E-state index contributed by atoms with van der Waals surface area (Å²) < 4.78 is 0. The Morgan fingerprint density at radius 2 is 2.38 bits per heavy atom. The highest BCUT2D eigenvalue weighted by atomic mass is 32.2. The van der Waals surface area contributed by atoms with Crippen molar-refractivity contribution in [3.05, 3.63) is 18.2 Å². The Labute approximate surface area is 98.3 Å². The lowest BCUT2D eigenvalue weighted by atomic mass is 10.3.